The van der Waals surface area contributed by atoms with Crippen LogP contribution in [0.1, 0.15) is 33.3 Å². The highest BCUT2D eigenvalue weighted by Crippen LogP contribution is 2.10. The van der Waals surface area contributed by atoms with Crippen LogP contribution in [0.3, 0.4) is 0 Å². The summed E-state index contributed by atoms with van der Waals surface area (Å²) in [6, 6.07) is 7.41. The topological polar surface area (TPSA) is 75.4 Å². The second-order valence-electron chi connectivity index (χ2n) is 4.31. The fourth-order valence-electron chi connectivity index (χ4n) is 1.84. The lowest BCUT2D eigenvalue weighted by molar-refractivity contribution is 0.0921. The van der Waals surface area contributed by atoms with Gasteiger partial charge in [0.25, 0.3) is 5.91 Å². The van der Waals surface area contributed by atoms with Crippen molar-refractivity contribution in [3.8, 4) is 0 Å². The molecule has 0 fully saturated rings. The Morgan fingerprint density at radius 1 is 1.37 bits per heavy atom. The van der Waals surface area contributed by atoms with E-state index in [9.17, 15) is 4.79 Å². The molecule has 1 aromatic carbocycles. The van der Waals surface area contributed by atoms with Gasteiger partial charge in [0.2, 0.25) is 5.76 Å². The Kier molecular flexibility index (Phi) is 3.97. The van der Waals surface area contributed by atoms with Gasteiger partial charge < -0.3 is 14.8 Å². The number of oxazole rings is 1. The third-order valence-corrected chi connectivity index (χ3v) is 2.74. The molecule has 1 aromatic heterocycles. The number of amides is 1. The van der Waals surface area contributed by atoms with Gasteiger partial charge in [-0.2, -0.15) is 0 Å². The highest BCUT2D eigenvalue weighted by molar-refractivity contribution is 5.92. The Morgan fingerprint density at radius 3 is 2.74 bits per heavy atom. The van der Waals surface area contributed by atoms with Crippen LogP contribution in [0.15, 0.2) is 28.7 Å². The Bertz CT molecular complexity index is 590. The average molecular weight is 260 g/mol. The van der Waals surface area contributed by atoms with Gasteiger partial charge in [0, 0.05) is 13.5 Å². The molecule has 0 saturated heterocycles. The van der Waals surface area contributed by atoms with E-state index < -0.39 is 0 Å². The zero-order valence-electron chi connectivity index (χ0n) is 10.9. The largest absolute Gasteiger partial charge is 0.436 e. The fourth-order valence-corrected chi connectivity index (χ4v) is 1.84. The van der Waals surface area contributed by atoms with Gasteiger partial charge in [-0.3, -0.25) is 4.79 Å². The van der Waals surface area contributed by atoms with Gasteiger partial charge in [-0.05, 0) is 18.1 Å². The van der Waals surface area contributed by atoms with Gasteiger partial charge >= 0.3 is 0 Å². The van der Waals surface area contributed by atoms with E-state index in [4.69, 9.17) is 9.52 Å². The second kappa shape index (κ2) is 5.67. The van der Waals surface area contributed by atoms with Crippen molar-refractivity contribution in [1.82, 2.24) is 10.3 Å². The Morgan fingerprint density at radius 2 is 2.11 bits per heavy atom. The van der Waals surface area contributed by atoms with E-state index in [1.165, 1.54) is 0 Å². The summed E-state index contributed by atoms with van der Waals surface area (Å²) in [5.74, 6) is 0.438. The maximum atomic E-state index is 11.9. The summed E-state index contributed by atoms with van der Waals surface area (Å²) < 4.78 is 5.25. The Labute approximate surface area is 111 Å². The number of benzene rings is 1. The number of carbonyl (C=O) groups is 1. The molecule has 0 aliphatic carbocycles. The molecule has 2 rings (SSSR count). The zero-order valence-corrected chi connectivity index (χ0v) is 10.9. The third kappa shape index (κ3) is 3.20. The van der Waals surface area contributed by atoms with Crippen molar-refractivity contribution < 1.29 is 14.3 Å². The van der Waals surface area contributed by atoms with Crippen LogP contribution in [0.2, 0.25) is 0 Å². The first kappa shape index (κ1) is 13.3. The van der Waals surface area contributed by atoms with Gasteiger partial charge in [-0.15, -0.1) is 0 Å². The van der Waals surface area contributed by atoms with Crippen LogP contribution in [0, 0.1) is 13.8 Å². The van der Waals surface area contributed by atoms with Crippen LogP contribution < -0.4 is 5.32 Å². The predicted octanol–water partition coefficient (Wildman–Crippen LogP) is 1.71. The number of aliphatic hydroxyl groups excluding tert-OH is 1. The lowest BCUT2D eigenvalue weighted by Gasteiger charge is -2.05. The summed E-state index contributed by atoms with van der Waals surface area (Å²) in [5, 5.41) is 11.8. The maximum Gasteiger partial charge on any atom is 0.289 e. The first-order valence-electron chi connectivity index (χ1n) is 6.01. The van der Waals surface area contributed by atoms with Crippen LogP contribution >= 0.6 is 0 Å². The first-order valence-corrected chi connectivity index (χ1v) is 6.01. The van der Waals surface area contributed by atoms with Crippen LogP contribution in [0.25, 0.3) is 0 Å². The van der Waals surface area contributed by atoms with Crippen LogP contribution in [0.4, 0.5) is 0 Å². The number of aryl methyl sites for hydroxylation is 2. The third-order valence-electron chi connectivity index (χ3n) is 2.74. The Balaban J connectivity index is 2.02. The molecule has 19 heavy (non-hydrogen) atoms. The van der Waals surface area contributed by atoms with Gasteiger partial charge in [-0.25, -0.2) is 4.98 Å². The number of hydrogen-bond donors (Lipinski definition) is 2. The van der Waals surface area contributed by atoms with Gasteiger partial charge in [0.05, 0.1) is 12.3 Å². The molecule has 0 atom stereocenters. The quantitative estimate of drug-likeness (QED) is 0.877. The van der Waals surface area contributed by atoms with Crippen LogP contribution in [-0.2, 0) is 13.2 Å². The summed E-state index contributed by atoms with van der Waals surface area (Å²) in [6.07, 6.45) is 0. The van der Waals surface area contributed by atoms with Crippen molar-refractivity contribution >= 4 is 5.91 Å². The molecule has 5 heteroatoms. The molecule has 2 aromatic rings. The maximum absolute atomic E-state index is 11.9. The normalized spacial score (nSPS) is 10.5. The van der Waals surface area contributed by atoms with Crippen molar-refractivity contribution in [2.45, 2.75) is 27.0 Å². The summed E-state index contributed by atoms with van der Waals surface area (Å²) in [7, 11) is 0. The lowest BCUT2D eigenvalue weighted by atomic mass is 10.1. The molecule has 0 unspecified atom stereocenters. The van der Waals surface area contributed by atoms with Crippen molar-refractivity contribution in [3.05, 3.63) is 52.7 Å². The van der Waals surface area contributed by atoms with Crippen LogP contribution in [-0.4, -0.2) is 16.0 Å². The van der Waals surface area contributed by atoms with Gasteiger partial charge in [0.1, 0.15) is 0 Å². The Hall–Kier alpha value is -2.14. The van der Waals surface area contributed by atoms with Crippen LogP contribution in [0.5, 0.6) is 0 Å². The van der Waals surface area contributed by atoms with E-state index in [2.05, 4.69) is 10.3 Å². The summed E-state index contributed by atoms with van der Waals surface area (Å²) in [6.45, 7) is 3.81. The number of carbonyl (C=O) groups excluding carboxylic acids is 1. The molecule has 0 aliphatic heterocycles. The first-order chi connectivity index (χ1) is 9.10. The van der Waals surface area contributed by atoms with E-state index >= 15 is 0 Å². The van der Waals surface area contributed by atoms with Crippen molar-refractivity contribution in [2.75, 3.05) is 0 Å². The molecule has 5 nitrogen and oxygen atoms in total. The summed E-state index contributed by atoms with van der Waals surface area (Å²) in [5.41, 5.74) is 2.33. The second-order valence-corrected chi connectivity index (χ2v) is 4.31. The number of nitrogens with zero attached hydrogens (tertiary/aromatic N) is 1. The molecule has 0 bridgehead atoms. The minimum atomic E-state index is -0.285. The van der Waals surface area contributed by atoms with E-state index in [1.54, 1.807) is 13.8 Å². The predicted molar refractivity (Wildman–Crippen MR) is 69.5 cm³/mol. The van der Waals surface area contributed by atoms with E-state index in [0.29, 0.717) is 18.1 Å². The fraction of sp³-hybridized carbons (Fsp3) is 0.286. The monoisotopic (exact) mass is 260 g/mol. The minimum absolute atomic E-state index is 0.0117. The highest BCUT2D eigenvalue weighted by atomic mass is 16.4. The summed E-state index contributed by atoms with van der Waals surface area (Å²) >= 11 is 0. The molecular formula is C14H16N2O3. The van der Waals surface area contributed by atoms with E-state index in [0.717, 1.165) is 11.1 Å². The average Bonchev–Trinajstić information content (AvgIpc) is 2.75. The minimum Gasteiger partial charge on any atom is -0.436 e. The van der Waals surface area contributed by atoms with Gasteiger partial charge in [-0.1, -0.05) is 24.3 Å². The molecule has 1 amide bonds. The van der Waals surface area contributed by atoms with Crippen molar-refractivity contribution in [2.24, 2.45) is 0 Å². The number of aliphatic hydroxyl groups is 1. The molecule has 0 aliphatic rings. The lowest BCUT2D eigenvalue weighted by Crippen LogP contribution is -2.23. The summed E-state index contributed by atoms with van der Waals surface area (Å²) in [4.78, 5) is 16.0. The van der Waals surface area contributed by atoms with Crippen molar-refractivity contribution in [3.63, 3.8) is 0 Å². The molecule has 2 N–H and O–H groups in total. The number of nitrogens with one attached hydrogen (secondary N) is 1. The molecule has 1 heterocycles. The highest BCUT2D eigenvalue weighted by Gasteiger charge is 2.15. The van der Waals surface area contributed by atoms with E-state index in [1.807, 2.05) is 24.3 Å². The molecule has 0 spiro atoms. The SMILES string of the molecule is Cc1nc(C)c(C(=O)NCc2cccc(CO)c2)o1. The number of rotatable bonds is 4. The number of aromatic nitrogens is 1. The van der Waals surface area contributed by atoms with Gasteiger partial charge in [0.15, 0.2) is 5.89 Å². The van der Waals surface area contributed by atoms with Crippen molar-refractivity contribution in [1.29, 1.82) is 0 Å². The molecule has 0 radical (unpaired) electrons. The molecule has 0 saturated carbocycles. The van der Waals surface area contributed by atoms with E-state index in [-0.39, 0.29) is 18.3 Å². The standard InChI is InChI=1S/C14H16N2O3/c1-9-13(19-10(2)16-9)14(18)15-7-11-4-3-5-12(6-11)8-17/h3-6,17H,7-8H2,1-2H3,(H,15,18). The molecular weight excluding hydrogens is 244 g/mol. The number of hydrogen-bond acceptors (Lipinski definition) is 4. The zero-order chi connectivity index (χ0) is 13.8. The smallest absolute Gasteiger partial charge is 0.289 e. The molecule has 100 valence electrons.